The molecule has 6 nitrogen and oxygen atoms in total. The summed E-state index contributed by atoms with van der Waals surface area (Å²) in [5, 5.41) is 27.8. The lowest BCUT2D eigenvalue weighted by atomic mass is 9.98. The Balaban J connectivity index is 3.07. The first-order valence-corrected chi connectivity index (χ1v) is 6.16. The second-order valence-electron chi connectivity index (χ2n) is 5.55. The molecule has 0 aromatic heterocycles. The number of amides is 1. The Labute approximate surface area is 117 Å². The van der Waals surface area contributed by atoms with Gasteiger partial charge in [-0.05, 0) is 38.5 Å². The summed E-state index contributed by atoms with van der Waals surface area (Å²) in [5.41, 5.74) is -0.183. The molecule has 1 rings (SSSR count). The van der Waals surface area contributed by atoms with Crippen LogP contribution in [0.4, 0.5) is 4.79 Å². The summed E-state index contributed by atoms with van der Waals surface area (Å²) in [6.45, 7) is 4.94. The quantitative estimate of drug-likeness (QED) is 0.785. The van der Waals surface area contributed by atoms with E-state index in [0.717, 1.165) is 4.90 Å². The zero-order valence-corrected chi connectivity index (χ0v) is 11.7. The number of benzene rings is 1. The van der Waals surface area contributed by atoms with Gasteiger partial charge in [0.05, 0.1) is 0 Å². The van der Waals surface area contributed by atoms with Crippen molar-refractivity contribution < 1.29 is 24.9 Å². The first-order chi connectivity index (χ1) is 9.12. The first kappa shape index (κ1) is 15.8. The molecule has 110 valence electrons. The Morgan fingerprint density at radius 2 is 1.65 bits per heavy atom. The van der Waals surface area contributed by atoms with Gasteiger partial charge in [-0.1, -0.05) is 12.1 Å². The van der Waals surface area contributed by atoms with E-state index in [1.807, 2.05) is 0 Å². The maximum absolute atomic E-state index is 11.4. The Morgan fingerprint density at radius 1 is 1.15 bits per heavy atom. The van der Waals surface area contributed by atoms with Gasteiger partial charge in [0.2, 0.25) is 0 Å². The smallest absolute Gasteiger partial charge is 0.408 e. The lowest BCUT2D eigenvalue weighted by Gasteiger charge is -2.37. The number of phenols is 1. The predicted octanol–water partition coefficient (Wildman–Crippen LogP) is 2.17. The van der Waals surface area contributed by atoms with Gasteiger partial charge in [0.25, 0.3) is 0 Å². The van der Waals surface area contributed by atoms with Gasteiger partial charge in [-0.2, -0.15) is 0 Å². The van der Waals surface area contributed by atoms with Crippen LogP contribution in [-0.2, 0) is 11.2 Å². The van der Waals surface area contributed by atoms with Crippen molar-refractivity contribution in [3.8, 4) is 5.75 Å². The summed E-state index contributed by atoms with van der Waals surface area (Å²) in [4.78, 5) is 23.7. The molecular weight excluding hydrogens is 262 g/mol. The lowest BCUT2D eigenvalue weighted by Crippen LogP contribution is -2.55. The molecule has 1 aromatic rings. The van der Waals surface area contributed by atoms with E-state index in [2.05, 4.69) is 0 Å². The minimum Gasteiger partial charge on any atom is -0.508 e. The maximum Gasteiger partial charge on any atom is 0.408 e. The van der Waals surface area contributed by atoms with Gasteiger partial charge in [-0.15, -0.1) is 0 Å². The summed E-state index contributed by atoms with van der Waals surface area (Å²) >= 11 is 0. The zero-order valence-electron chi connectivity index (χ0n) is 11.7. The number of nitrogens with zero attached hydrogens (tertiary/aromatic N) is 1. The second kappa shape index (κ2) is 5.81. The molecule has 0 heterocycles. The molecule has 0 spiro atoms. The summed E-state index contributed by atoms with van der Waals surface area (Å²) < 4.78 is 0. The van der Waals surface area contributed by atoms with Crippen molar-refractivity contribution in [2.75, 3.05) is 0 Å². The van der Waals surface area contributed by atoms with Gasteiger partial charge >= 0.3 is 12.1 Å². The van der Waals surface area contributed by atoms with Crippen molar-refractivity contribution in [1.82, 2.24) is 4.90 Å². The Kier molecular flexibility index (Phi) is 4.60. The van der Waals surface area contributed by atoms with Crippen molar-refractivity contribution in [2.24, 2.45) is 0 Å². The third-order valence-electron chi connectivity index (χ3n) is 2.89. The summed E-state index contributed by atoms with van der Waals surface area (Å²) in [6, 6.07) is 4.85. The van der Waals surface area contributed by atoms with E-state index in [0.29, 0.717) is 5.56 Å². The number of carbonyl (C=O) groups is 2. The van der Waals surface area contributed by atoms with Crippen LogP contribution in [0.3, 0.4) is 0 Å². The number of hydrogen-bond acceptors (Lipinski definition) is 3. The summed E-state index contributed by atoms with van der Waals surface area (Å²) in [5.74, 6) is -1.12. The predicted molar refractivity (Wildman–Crippen MR) is 72.9 cm³/mol. The van der Waals surface area contributed by atoms with Crippen LogP contribution in [0, 0.1) is 0 Å². The number of aromatic hydroxyl groups is 1. The SMILES string of the molecule is CC(C)(C)N(C(=O)O)[C@@H](Cc1ccc(O)cc1)C(=O)O. The summed E-state index contributed by atoms with van der Waals surface area (Å²) in [6.07, 6.45) is -1.23. The minimum absolute atomic E-state index is 0.0409. The average molecular weight is 281 g/mol. The fourth-order valence-electron chi connectivity index (χ4n) is 2.03. The van der Waals surface area contributed by atoms with E-state index in [-0.39, 0.29) is 12.2 Å². The molecule has 6 heteroatoms. The molecule has 1 atom stereocenters. The first-order valence-electron chi connectivity index (χ1n) is 6.16. The molecule has 0 aliphatic carbocycles. The Morgan fingerprint density at radius 3 is 2.00 bits per heavy atom. The van der Waals surface area contributed by atoms with Gasteiger partial charge in [-0.3, -0.25) is 4.90 Å². The van der Waals surface area contributed by atoms with Crippen LogP contribution >= 0.6 is 0 Å². The number of carboxylic acid groups (broad SMARTS) is 2. The molecule has 20 heavy (non-hydrogen) atoms. The van der Waals surface area contributed by atoms with Crippen molar-refractivity contribution in [2.45, 2.75) is 38.8 Å². The number of hydrogen-bond donors (Lipinski definition) is 3. The highest BCUT2D eigenvalue weighted by molar-refractivity contribution is 5.80. The van der Waals surface area contributed by atoms with Crippen molar-refractivity contribution in [3.63, 3.8) is 0 Å². The second-order valence-corrected chi connectivity index (χ2v) is 5.55. The van der Waals surface area contributed by atoms with Gasteiger partial charge in [0.15, 0.2) is 0 Å². The number of carboxylic acids is 1. The fraction of sp³-hybridized carbons (Fsp3) is 0.429. The third kappa shape index (κ3) is 3.88. The molecule has 3 N–H and O–H groups in total. The van der Waals surface area contributed by atoms with Crippen LogP contribution in [-0.4, -0.2) is 43.9 Å². The van der Waals surface area contributed by atoms with E-state index in [1.165, 1.54) is 12.1 Å². The Bertz CT molecular complexity index is 489. The van der Waals surface area contributed by atoms with Gasteiger partial charge in [-0.25, -0.2) is 9.59 Å². The van der Waals surface area contributed by atoms with Crippen LogP contribution < -0.4 is 0 Å². The minimum atomic E-state index is -1.27. The van der Waals surface area contributed by atoms with Crippen LogP contribution in [0.15, 0.2) is 24.3 Å². The molecule has 0 unspecified atom stereocenters. The van der Waals surface area contributed by atoms with Crippen molar-refractivity contribution >= 4 is 12.1 Å². The van der Waals surface area contributed by atoms with Gasteiger partial charge in [0.1, 0.15) is 11.8 Å². The molecule has 0 bridgehead atoms. The van der Waals surface area contributed by atoms with Gasteiger partial charge in [0, 0.05) is 12.0 Å². The van der Waals surface area contributed by atoms with E-state index in [9.17, 15) is 24.9 Å². The Hall–Kier alpha value is -2.24. The normalized spacial score (nSPS) is 12.8. The molecule has 0 radical (unpaired) electrons. The van der Waals surface area contributed by atoms with Gasteiger partial charge < -0.3 is 15.3 Å². The highest BCUT2D eigenvalue weighted by Gasteiger charge is 2.37. The maximum atomic E-state index is 11.4. The van der Waals surface area contributed by atoms with E-state index in [1.54, 1.807) is 32.9 Å². The van der Waals surface area contributed by atoms with E-state index >= 15 is 0 Å². The van der Waals surface area contributed by atoms with Crippen LogP contribution in [0.5, 0.6) is 5.75 Å². The molecule has 1 amide bonds. The van der Waals surface area contributed by atoms with E-state index in [4.69, 9.17) is 0 Å². The lowest BCUT2D eigenvalue weighted by molar-refractivity contribution is -0.144. The molecule has 0 fully saturated rings. The van der Waals surface area contributed by atoms with Crippen molar-refractivity contribution in [1.29, 1.82) is 0 Å². The number of aliphatic carboxylic acids is 1. The molecular formula is C14H19NO5. The van der Waals surface area contributed by atoms with Crippen LogP contribution in [0.2, 0.25) is 0 Å². The molecule has 1 aromatic carbocycles. The highest BCUT2D eigenvalue weighted by atomic mass is 16.4. The number of phenolic OH excluding ortho intramolecular Hbond substituents is 1. The topological polar surface area (TPSA) is 98.1 Å². The fourth-order valence-corrected chi connectivity index (χ4v) is 2.03. The van der Waals surface area contributed by atoms with Crippen LogP contribution in [0.1, 0.15) is 26.3 Å². The van der Waals surface area contributed by atoms with E-state index < -0.39 is 23.6 Å². The average Bonchev–Trinajstić information content (AvgIpc) is 2.28. The monoisotopic (exact) mass is 281 g/mol. The third-order valence-corrected chi connectivity index (χ3v) is 2.89. The highest BCUT2D eigenvalue weighted by Crippen LogP contribution is 2.21. The zero-order chi connectivity index (χ0) is 15.5. The van der Waals surface area contributed by atoms with Crippen molar-refractivity contribution in [3.05, 3.63) is 29.8 Å². The standard InChI is InChI=1S/C14H19NO5/c1-14(2,3)15(13(19)20)11(12(17)18)8-9-4-6-10(16)7-5-9/h4-7,11,16H,8H2,1-3H3,(H,17,18)(H,19,20)/t11-/m0/s1. The molecule has 0 saturated carbocycles. The molecule has 0 aliphatic heterocycles. The van der Waals surface area contributed by atoms with Crippen LogP contribution in [0.25, 0.3) is 0 Å². The summed E-state index contributed by atoms with van der Waals surface area (Å²) in [7, 11) is 0. The molecule has 0 aliphatic rings. The number of rotatable bonds is 4. The molecule has 0 saturated heterocycles. The largest absolute Gasteiger partial charge is 0.508 e.